The number of halogens is 1. The van der Waals surface area contributed by atoms with Gasteiger partial charge in [-0.3, -0.25) is 9.69 Å². The number of thiophene rings is 1. The van der Waals surface area contributed by atoms with Gasteiger partial charge >= 0.3 is 5.97 Å². The zero-order valence-electron chi connectivity index (χ0n) is 11.6. The van der Waals surface area contributed by atoms with Crippen LogP contribution in [0.5, 0.6) is 0 Å². The van der Waals surface area contributed by atoms with Crippen molar-refractivity contribution in [1.82, 2.24) is 4.90 Å². The predicted molar refractivity (Wildman–Crippen MR) is 83.7 cm³/mol. The molecule has 0 saturated carbocycles. The number of rotatable bonds is 3. The molecule has 1 aliphatic rings. The summed E-state index contributed by atoms with van der Waals surface area (Å²) in [5, 5.41) is 11.6. The zero-order chi connectivity index (χ0) is 15.0. The molecule has 0 radical (unpaired) electrons. The number of ether oxygens (including phenoxy) is 1. The summed E-state index contributed by atoms with van der Waals surface area (Å²) in [6.45, 7) is 1.01. The molecule has 21 heavy (non-hydrogen) atoms. The molecule has 4 nitrogen and oxygen atoms in total. The molecule has 1 aromatic carbocycles. The maximum absolute atomic E-state index is 11.8. The average Bonchev–Trinajstić information content (AvgIpc) is 3.00. The molecule has 0 aliphatic carbocycles. The number of nitrogens with zero attached hydrogens (tertiary/aromatic N) is 1. The first kappa shape index (κ1) is 14.8. The lowest BCUT2D eigenvalue weighted by Gasteiger charge is -2.21. The van der Waals surface area contributed by atoms with Gasteiger partial charge in [0.2, 0.25) is 0 Å². The Hall–Kier alpha value is -1.14. The number of β-amino-alcohol motifs (C(OH)–C–C–N with tert-alkyl or cyclic N) is 1. The average molecular weight is 326 g/mol. The van der Waals surface area contributed by atoms with Gasteiger partial charge in [0.25, 0.3) is 0 Å². The van der Waals surface area contributed by atoms with Crippen LogP contribution in [0, 0.1) is 0 Å². The molecule has 1 fully saturated rings. The predicted octanol–water partition coefficient (Wildman–Crippen LogP) is 2.66. The van der Waals surface area contributed by atoms with Crippen molar-refractivity contribution in [2.45, 2.75) is 25.1 Å². The standard InChI is InChI=1S/C15H16ClNO3S/c1-20-15(19)11-6-9(18)7-17(11)8-13-14(16)10-4-2-3-5-12(10)21-13/h2-5,9,11,18H,6-8H2,1H3. The molecule has 1 N–H and O–H groups in total. The highest BCUT2D eigenvalue weighted by Gasteiger charge is 2.37. The summed E-state index contributed by atoms with van der Waals surface area (Å²) in [5.74, 6) is -0.302. The molecule has 1 aromatic heterocycles. The van der Waals surface area contributed by atoms with E-state index in [1.54, 1.807) is 11.3 Å². The SMILES string of the molecule is COC(=O)C1CC(O)CN1Cc1sc2ccccc2c1Cl. The summed E-state index contributed by atoms with van der Waals surface area (Å²) in [6.07, 6.45) is -0.0860. The van der Waals surface area contributed by atoms with E-state index in [-0.39, 0.29) is 5.97 Å². The summed E-state index contributed by atoms with van der Waals surface area (Å²) in [7, 11) is 1.37. The lowest BCUT2D eigenvalue weighted by Crippen LogP contribution is -2.36. The van der Waals surface area contributed by atoms with Crippen molar-refractivity contribution in [3.8, 4) is 0 Å². The van der Waals surface area contributed by atoms with Gasteiger partial charge in [-0.05, 0) is 6.07 Å². The van der Waals surface area contributed by atoms with Crippen LogP contribution in [0.2, 0.25) is 5.02 Å². The van der Waals surface area contributed by atoms with Crippen LogP contribution < -0.4 is 0 Å². The highest BCUT2D eigenvalue weighted by Crippen LogP contribution is 2.37. The third kappa shape index (κ3) is 2.79. The van der Waals surface area contributed by atoms with Crippen molar-refractivity contribution in [3.63, 3.8) is 0 Å². The number of methoxy groups -OCH3 is 1. The molecule has 0 bridgehead atoms. The summed E-state index contributed by atoms with van der Waals surface area (Å²) in [5.41, 5.74) is 0. The van der Waals surface area contributed by atoms with E-state index in [1.165, 1.54) is 7.11 Å². The van der Waals surface area contributed by atoms with E-state index in [1.807, 2.05) is 29.2 Å². The van der Waals surface area contributed by atoms with E-state index in [0.29, 0.717) is 19.5 Å². The normalized spacial score (nSPS) is 22.8. The molecule has 6 heteroatoms. The van der Waals surface area contributed by atoms with Crippen molar-refractivity contribution >= 4 is 39.0 Å². The fourth-order valence-electron chi connectivity index (χ4n) is 2.79. The fourth-order valence-corrected chi connectivity index (χ4v) is 4.30. The van der Waals surface area contributed by atoms with Crippen molar-refractivity contribution in [1.29, 1.82) is 0 Å². The first-order chi connectivity index (χ1) is 10.1. The van der Waals surface area contributed by atoms with Crippen LogP contribution in [0.3, 0.4) is 0 Å². The number of carbonyl (C=O) groups excluding carboxylic acids is 1. The number of esters is 1. The molecule has 1 aliphatic heterocycles. The quantitative estimate of drug-likeness (QED) is 0.881. The Morgan fingerprint density at radius 2 is 2.29 bits per heavy atom. The number of carbonyl (C=O) groups is 1. The van der Waals surface area contributed by atoms with Crippen LogP contribution in [0.25, 0.3) is 10.1 Å². The van der Waals surface area contributed by atoms with E-state index in [9.17, 15) is 9.90 Å². The van der Waals surface area contributed by atoms with Gasteiger partial charge in [-0.25, -0.2) is 0 Å². The summed E-state index contributed by atoms with van der Waals surface area (Å²) < 4.78 is 5.95. The van der Waals surface area contributed by atoms with Gasteiger partial charge < -0.3 is 9.84 Å². The number of benzene rings is 1. The molecule has 0 spiro atoms. The Morgan fingerprint density at radius 3 is 3.00 bits per heavy atom. The van der Waals surface area contributed by atoms with Crippen LogP contribution in [0.15, 0.2) is 24.3 Å². The van der Waals surface area contributed by atoms with Gasteiger partial charge in [0.05, 0.1) is 18.2 Å². The lowest BCUT2D eigenvalue weighted by molar-refractivity contribution is -0.146. The second kappa shape index (κ2) is 5.93. The van der Waals surface area contributed by atoms with Crippen LogP contribution >= 0.6 is 22.9 Å². The summed E-state index contributed by atoms with van der Waals surface area (Å²) in [6, 6.07) is 7.57. The number of fused-ring (bicyclic) bond motifs is 1. The van der Waals surface area contributed by atoms with Crippen LogP contribution in [-0.4, -0.2) is 41.8 Å². The van der Waals surface area contributed by atoms with E-state index >= 15 is 0 Å². The van der Waals surface area contributed by atoms with Crippen LogP contribution in [-0.2, 0) is 16.1 Å². The lowest BCUT2D eigenvalue weighted by atomic mass is 10.2. The van der Waals surface area contributed by atoms with E-state index < -0.39 is 12.1 Å². The minimum atomic E-state index is -0.498. The Morgan fingerprint density at radius 1 is 1.52 bits per heavy atom. The van der Waals surface area contributed by atoms with E-state index in [2.05, 4.69) is 0 Å². The second-order valence-electron chi connectivity index (χ2n) is 5.19. The monoisotopic (exact) mass is 325 g/mol. The molecular formula is C15H16ClNO3S. The van der Waals surface area contributed by atoms with Crippen molar-refractivity contribution in [3.05, 3.63) is 34.2 Å². The second-order valence-corrected chi connectivity index (χ2v) is 6.71. The summed E-state index contributed by atoms with van der Waals surface area (Å²) >= 11 is 8.06. The molecule has 2 atom stereocenters. The molecular weight excluding hydrogens is 310 g/mol. The Bertz CT molecular complexity index is 672. The maximum atomic E-state index is 11.8. The largest absolute Gasteiger partial charge is 0.468 e. The highest BCUT2D eigenvalue weighted by atomic mass is 35.5. The first-order valence-corrected chi connectivity index (χ1v) is 7.95. The van der Waals surface area contributed by atoms with Gasteiger partial charge in [-0.2, -0.15) is 0 Å². The van der Waals surface area contributed by atoms with Gasteiger partial charge in [0.1, 0.15) is 6.04 Å². The smallest absolute Gasteiger partial charge is 0.323 e. The number of hydrogen-bond acceptors (Lipinski definition) is 5. The third-order valence-electron chi connectivity index (χ3n) is 3.80. The summed E-state index contributed by atoms with van der Waals surface area (Å²) in [4.78, 5) is 14.8. The first-order valence-electron chi connectivity index (χ1n) is 6.76. The fraction of sp³-hybridized carbons (Fsp3) is 0.400. The topological polar surface area (TPSA) is 49.8 Å². The molecule has 1 saturated heterocycles. The van der Waals surface area contributed by atoms with Crippen molar-refractivity contribution in [2.75, 3.05) is 13.7 Å². The van der Waals surface area contributed by atoms with E-state index in [0.717, 1.165) is 20.0 Å². The number of aliphatic hydroxyl groups excluding tert-OH is 1. The van der Waals surface area contributed by atoms with Crippen molar-refractivity contribution in [2.24, 2.45) is 0 Å². The van der Waals surface area contributed by atoms with Crippen LogP contribution in [0.1, 0.15) is 11.3 Å². The molecule has 2 heterocycles. The highest BCUT2D eigenvalue weighted by molar-refractivity contribution is 7.19. The van der Waals surface area contributed by atoms with Crippen molar-refractivity contribution < 1.29 is 14.6 Å². The maximum Gasteiger partial charge on any atom is 0.323 e. The Balaban J connectivity index is 1.87. The van der Waals surface area contributed by atoms with Crippen LogP contribution in [0.4, 0.5) is 0 Å². The molecule has 112 valence electrons. The zero-order valence-corrected chi connectivity index (χ0v) is 13.2. The van der Waals surface area contributed by atoms with Gasteiger partial charge in [-0.15, -0.1) is 11.3 Å². The van der Waals surface area contributed by atoms with Gasteiger partial charge in [-0.1, -0.05) is 29.8 Å². The minimum Gasteiger partial charge on any atom is -0.468 e. The number of aliphatic hydroxyl groups is 1. The van der Waals surface area contributed by atoms with Gasteiger partial charge in [0, 0.05) is 34.5 Å². The molecule has 0 amide bonds. The molecule has 2 unspecified atom stereocenters. The minimum absolute atomic E-state index is 0.302. The Kier molecular flexibility index (Phi) is 4.17. The molecule has 3 rings (SSSR count). The molecule has 2 aromatic rings. The Labute approximate surface area is 131 Å². The van der Waals surface area contributed by atoms with Gasteiger partial charge in [0.15, 0.2) is 0 Å². The third-order valence-corrected chi connectivity index (χ3v) is 5.50. The number of likely N-dealkylation sites (tertiary alicyclic amines) is 1. The van der Waals surface area contributed by atoms with E-state index in [4.69, 9.17) is 16.3 Å². The number of hydrogen-bond donors (Lipinski definition) is 1.